The van der Waals surface area contributed by atoms with E-state index in [0.29, 0.717) is 17.7 Å². The predicted octanol–water partition coefficient (Wildman–Crippen LogP) is 5.18. The zero-order valence-electron chi connectivity index (χ0n) is 18.9. The first-order valence-corrected chi connectivity index (χ1v) is 11.2. The molecule has 1 saturated carbocycles. The van der Waals surface area contributed by atoms with Gasteiger partial charge in [-0.05, 0) is 55.0 Å². The molecule has 0 spiro atoms. The number of fused-ring (bicyclic) bond motifs is 1. The minimum absolute atomic E-state index is 0.149. The average Bonchev–Trinajstić information content (AvgIpc) is 2.82. The quantitative estimate of drug-likeness (QED) is 0.591. The van der Waals surface area contributed by atoms with Gasteiger partial charge in [-0.25, -0.2) is 4.79 Å². The molecule has 0 aromatic heterocycles. The second-order valence-corrected chi connectivity index (χ2v) is 8.40. The van der Waals surface area contributed by atoms with Crippen LogP contribution in [0.2, 0.25) is 0 Å². The zero-order valence-corrected chi connectivity index (χ0v) is 18.9. The lowest BCUT2D eigenvalue weighted by Gasteiger charge is -2.35. The summed E-state index contributed by atoms with van der Waals surface area (Å²) in [5, 5.41) is 0. The van der Waals surface area contributed by atoms with E-state index in [1.165, 1.54) is 5.56 Å². The summed E-state index contributed by atoms with van der Waals surface area (Å²) in [5.74, 6) is -0.246. The second-order valence-electron chi connectivity index (χ2n) is 8.40. The summed E-state index contributed by atoms with van der Waals surface area (Å²) in [4.78, 5) is 31.0. The van der Waals surface area contributed by atoms with Crippen molar-refractivity contribution >= 4 is 17.5 Å². The van der Waals surface area contributed by atoms with Gasteiger partial charge in [0.25, 0.3) is 0 Å². The van der Waals surface area contributed by atoms with Crippen LogP contribution in [0.25, 0.3) is 0 Å². The minimum atomic E-state index is -0.413. The number of nitrogens with zero attached hydrogens (tertiary/aromatic N) is 1. The van der Waals surface area contributed by atoms with Crippen LogP contribution in [0, 0.1) is 5.92 Å². The maximum atomic E-state index is 13.3. The predicted molar refractivity (Wildman–Crippen MR) is 124 cm³/mol. The van der Waals surface area contributed by atoms with Gasteiger partial charge in [0.2, 0.25) is 0 Å². The number of ketones is 1. The molecule has 2 aromatic rings. The summed E-state index contributed by atoms with van der Waals surface area (Å²) in [5.41, 5.74) is 5.09. The van der Waals surface area contributed by atoms with Crippen molar-refractivity contribution in [3.8, 4) is 5.75 Å². The Bertz CT molecular complexity index is 1060. The maximum absolute atomic E-state index is 13.3. The summed E-state index contributed by atoms with van der Waals surface area (Å²) in [6.07, 6.45) is 3.08. The highest BCUT2D eigenvalue weighted by atomic mass is 16.5. The highest BCUT2D eigenvalue weighted by molar-refractivity contribution is 6.11. The third-order valence-corrected chi connectivity index (χ3v) is 6.40. The first-order valence-electron chi connectivity index (χ1n) is 11.2. The third kappa shape index (κ3) is 4.38. The van der Waals surface area contributed by atoms with Gasteiger partial charge in [0.15, 0.2) is 0 Å². The molecule has 0 N–H and O–H groups in total. The number of aliphatic imine (C=N–C) groups is 1. The molecule has 1 aliphatic carbocycles. The van der Waals surface area contributed by atoms with Gasteiger partial charge in [0.05, 0.1) is 18.6 Å². The van der Waals surface area contributed by atoms with Crippen molar-refractivity contribution in [2.75, 3.05) is 7.11 Å². The number of carbonyl (C=O) groups excluding carboxylic acids is 2. The number of Topliss-reactive ketones (excluding diaryl/α,β-unsaturated/α-hetero) is 1. The van der Waals surface area contributed by atoms with Crippen LogP contribution in [0.4, 0.5) is 0 Å². The molecule has 166 valence electrons. The zero-order chi connectivity index (χ0) is 22.7. The fraction of sp³-hybridized carbons (Fsp3) is 0.370. The van der Waals surface area contributed by atoms with Gasteiger partial charge < -0.3 is 9.47 Å². The van der Waals surface area contributed by atoms with Crippen LogP contribution in [-0.2, 0) is 27.4 Å². The number of methoxy groups -OCH3 is 1. The van der Waals surface area contributed by atoms with Crippen LogP contribution < -0.4 is 4.74 Å². The Labute approximate surface area is 189 Å². The lowest BCUT2D eigenvalue weighted by molar-refractivity contribution is -0.140. The van der Waals surface area contributed by atoms with Crippen molar-refractivity contribution in [2.45, 2.75) is 52.1 Å². The van der Waals surface area contributed by atoms with Gasteiger partial charge in [0, 0.05) is 23.7 Å². The molecule has 1 heterocycles. The monoisotopic (exact) mass is 431 g/mol. The van der Waals surface area contributed by atoms with Crippen molar-refractivity contribution in [3.63, 3.8) is 0 Å². The summed E-state index contributed by atoms with van der Waals surface area (Å²) >= 11 is 0. The molecule has 1 aliphatic heterocycles. The molecule has 0 saturated heterocycles. The van der Waals surface area contributed by atoms with E-state index in [2.05, 4.69) is 19.1 Å². The van der Waals surface area contributed by atoms with Crippen LogP contribution in [0.15, 0.2) is 64.8 Å². The molecule has 2 aromatic carbocycles. The topological polar surface area (TPSA) is 65.0 Å². The van der Waals surface area contributed by atoms with E-state index in [9.17, 15) is 9.59 Å². The molecule has 1 fully saturated rings. The summed E-state index contributed by atoms with van der Waals surface area (Å²) < 4.78 is 10.9. The first-order chi connectivity index (χ1) is 15.5. The van der Waals surface area contributed by atoms with Crippen molar-refractivity contribution in [1.29, 1.82) is 0 Å². The van der Waals surface area contributed by atoms with Crippen LogP contribution in [-0.4, -0.2) is 24.6 Å². The number of ether oxygens (including phenoxy) is 2. The van der Waals surface area contributed by atoms with E-state index >= 15 is 0 Å². The highest BCUT2D eigenvalue weighted by Gasteiger charge is 2.43. The number of rotatable bonds is 6. The highest BCUT2D eigenvalue weighted by Crippen LogP contribution is 2.43. The van der Waals surface area contributed by atoms with Crippen LogP contribution in [0.5, 0.6) is 5.75 Å². The standard InChI is InChI=1S/C27H29NO4/c1-4-18-8-12-20(13-9-18)25-24(17(2)28-22-6-5-7-23(29)26(22)25)27(30)32-16-19-10-14-21(31-3)15-11-19/h8-15,25-26H,4-7,16H2,1-3H3. The average molecular weight is 432 g/mol. The molecular weight excluding hydrogens is 402 g/mol. The van der Waals surface area contributed by atoms with Gasteiger partial charge >= 0.3 is 5.97 Å². The van der Waals surface area contributed by atoms with E-state index in [0.717, 1.165) is 41.9 Å². The Morgan fingerprint density at radius 2 is 1.69 bits per heavy atom. The lowest BCUT2D eigenvalue weighted by atomic mass is 9.69. The van der Waals surface area contributed by atoms with E-state index in [1.54, 1.807) is 7.11 Å². The fourth-order valence-corrected chi connectivity index (χ4v) is 4.65. The van der Waals surface area contributed by atoms with E-state index in [-0.39, 0.29) is 24.2 Å². The molecule has 5 heteroatoms. The second kappa shape index (κ2) is 9.51. The molecule has 5 nitrogen and oxygen atoms in total. The molecule has 2 aliphatic rings. The van der Waals surface area contributed by atoms with E-state index in [1.807, 2.05) is 43.3 Å². The van der Waals surface area contributed by atoms with Gasteiger partial charge in [0.1, 0.15) is 18.1 Å². The molecular formula is C27H29NO4. The van der Waals surface area contributed by atoms with Crippen LogP contribution >= 0.6 is 0 Å². The van der Waals surface area contributed by atoms with Gasteiger partial charge in [-0.2, -0.15) is 0 Å². The summed E-state index contributed by atoms with van der Waals surface area (Å²) in [7, 11) is 1.61. The molecule has 2 unspecified atom stereocenters. The molecule has 0 amide bonds. The van der Waals surface area contributed by atoms with Crippen molar-refractivity contribution < 1.29 is 19.1 Å². The summed E-state index contributed by atoms with van der Waals surface area (Å²) in [6, 6.07) is 15.6. The van der Waals surface area contributed by atoms with Gasteiger partial charge in [-0.3, -0.25) is 9.79 Å². The number of aryl methyl sites for hydroxylation is 1. The Balaban J connectivity index is 1.66. The fourth-order valence-electron chi connectivity index (χ4n) is 4.65. The molecule has 32 heavy (non-hydrogen) atoms. The first kappa shape index (κ1) is 22.0. The molecule has 0 radical (unpaired) electrons. The number of carbonyl (C=O) groups is 2. The Morgan fingerprint density at radius 1 is 1.00 bits per heavy atom. The summed E-state index contributed by atoms with van der Waals surface area (Å²) in [6.45, 7) is 4.10. The molecule has 0 bridgehead atoms. The molecule has 2 atom stereocenters. The van der Waals surface area contributed by atoms with Crippen LogP contribution in [0.3, 0.4) is 0 Å². The maximum Gasteiger partial charge on any atom is 0.336 e. The third-order valence-electron chi connectivity index (χ3n) is 6.40. The van der Waals surface area contributed by atoms with Crippen molar-refractivity contribution in [3.05, 3.63) is 76.5 Å². The SMILES string of the molecule is CCc1ccc(C2C(C(=O)OCc3ccc(OC)cc3)=C(C)N=C3CCCC(=O)C32)cc1. The number of hydrogen-bond acceptors (Lipinski definition) is 5. The number of hydrogen-bond donors (Lipinski definition) is 0. The minimum Gasteiger partial charge on any atom is -0.497 e. The number of esters is 1. The van der Waals surface area contributed by atoms with E-state index < -0.39 is 5.97 Å². The number of allylic oxidation sites excluding steroid dienone is 1. The largest absolute Gasteiger partial charge is 0.497 e. The Morgan fingerprint density at radius 3 is 2.34 bits per heavy atom. The van der Waals surface area contributed by atoms with E-state index in [4.69, 9.17) is 14.5 Å². The van der Waals surface area contributed by atoms with Gasteiger partial charge in [-0.1, -0.05) is 43.3 Å². The molecule has 4 rings (SSSR count). The van der Waals surface area contributed by atoms with Crippen molar-refractivity contribution in [2.24, 2.45) is 10.9 Å². The normalized spacial score (nSPS) is 20.5. The Kier molecular flexibility index (Phi) is 6.54. The van der Waals surface area contributed by atoms with Crippen molar-refractivity contribution in [1.82, 2.24) is 0 Å². The Hall–Kier alpha value is -3.21. The lowest BCUT2D eigenvalue weighted by Crippen LogP contribution is -2.39. The van der Waals surface area contributed by atoms with Gasteiger partial charge in [-0.15, -0.1) is 0 Å². The number of benzene rings is 2. The smallest absolute Gasteiger partial charge is 0.336 e. The van der Waals surface area contributed by atoms with Crippen LogP contribution in [0.1, 0.15) is 55.7 Å².